The number of hydrogen-bond acceptors (Lipinski definition) is 4. The molecule has 2 aliphatic rings. The third kappa shape index (κ3) is 3.59. The van der Waals surface area contributed by atoms with Crippen molar-refractivity contribution in [3.8, 4) is 0 Å². The standard InChI is InChI=1S/C23H24BrNO4SSi/c1-23(2,3)31(15-10-6-4-7-11-15,16-12-8-5-9-13-16)29-14-17-19(22(27)28)25-20(26)18(24)21(25)30-17/h4-13,18,21H,14H2,1-3H3,(H,27,28)/t18-,21+/m0/s1. The van der Waals surface area contributed by atoms with E-state index < -0.39 is 14.3 Å². The van der Waals surface area contributed by atoms with Gasteiger partial charge in [-0.3, -0.25) is 9.69 Å². The molecule has 0 spiro atoms. The van der Waals surface area contributed by atoms with Gasteiger partial charge in [-0.2, -0.15) is 0 Å². The van der Waals surface area contributed by atoms with Gasteiger partial charge < -0.3 is 9.53 Å². The van der Waals surface area contributed by atoms with Crippen LogP contribution in [-0.2, 0) is 14.0 Å². The van der Waals surface area contributed by atoms with Gasteiger partial charge in [0.15, 0.2) is 0 Å². The highest BCUT2D eigenvalue weighted by Crippen LogP contribution is 2.49. The molecule has 1 fully saturated rings. The average molecular weight is 519 g/mol. The smallest absolute Gasteiger partial charge is 0.353 e. The molecule has 1 amide bonds. The molecule has 2 heterocycles. The van der Waals surface area contributed by atoms with Crippen LogP contribution in [0.25, 0.3) is 0 Å². The van der Waals surface area contributed by atoms with Gasteiger partial charge >= 0.3 is 5.97 Å². The summed E-state index contributed by atoms with van der Waals surface area (Å²) in [6.45, 7) is 6.69. The Hall–Kier alpha value is -1.87. The molecule has 0 aromatic heterocycles. The molecule has 31 heavy (non-hydrogen) atoms. The summed E-state index contributed by atoms with van der Waals surface area (Å²) in [6, 6.07) is 20.4. The minimum atomic E-state index is -2.79. The summed E-state index contributed by atoms with van der Waals surface area (Å²) in [5.41, 5.74) is 0.0497. The minimum absolute atomic E-state index is 0.0497. The summed E-state index contributed by atoms with van der Waals surface area (Å²) >= 11 is 4.77. The zero-order chi connectivity index (χ0) is 22.4. The van der Waals surface area contributed by atoms with Crippen LogP contribution in [0, 0.1) is 0 Å². The second-order valence-corrected chi connectivity index (χ2v) is 15.2. The van der Waals surface area contributed by atoms with E-state index in [0.29, 0.717) is 4.91 Å². The quantitative estimate of drug-likeness (QED) is 0.360. The molecule has 2 atom stereocenters. The first-order chi connectivity index (χ1) is 14.7. The Morgan fingerprint density at radius 3 is 2.06 bits per heavy atom. The first kappa shape index (κ1) is 22.3. The van der Waals surface area contributed by atoms with Crippen molar-refractivity contribution in [2.24, 2.45) is 0 Å². The molecule has 4 rings (SSSR count). The molecule has 1 N–H and O–H groups in total. The van der Waals surface area contributed by atoms with Crippen molar-refractivity contribution in [1.82, 2.24) is 4.90 Å². The normalized spacial score (nSPS) is 21.2. The van der Waals surface area contributed by atoms with E-state index in [2.05, 4.69) is 61.0 Å². The topological polar surface area (TPSA) is 66.8 Å². The first-order valence-corrected chi connectivity index (χ1v) is 13.7. The molecule has 5 nitrogen and oxygen atoms in total. The van der Waals surface area contributed by atoms with E-state index in [9.17, 15) is 14.7 Å². The Morgan fingerprint density at radius 1 is 1.10 bits per heavy atom. The highest BCUT2D eigenvalue weighted by molar-refractivity contribution is 9.10. The van der Waals surface area contributed by atoms with Crippen LogP contribution in [0.4, 0.5) is 0 Å². The van der Waals surface area contributed by atoms with Crippen LogP contribution in [0.3, 0.4) is 0 Å². The van der Waals surface area contributed by atoms with E-state index in [1.807, 2.05) is 36.4 Å². The fourth-order valence-corrected chi connectivity index (χ4v) is 11.0. The maximum atomic E-state index is 12.2. The monoisotopic (exact) mass is 517 g/mol. The number of carboxylic acids is 1. The largest absolute Gasteiger partial charge is 0.477 e. The van der Waals surface area contributed by atoms with Crippen LogP contribution < -0.4 is 10.4 Å². The van der Waals surface area contributed by atoms with Crippen LogP contribution in [0.2, 0.25) is 5.04 Å². The maximum Gasteiger partial charge on any atom is 0.353 e. The lowest BCUT2D eigenvalue weighted by atomic mass is 10.1. The number of β-lactam (4-membered cyclic amide) rings is 1. The maximum absolute atomic E-state index is 12.2. The number of amides is 1. The number of thioether (sulfide) groups is 1. The average Bonchev–Trinajstić information content (AvgIpc) is 3.11. The molecule has 2 aromatic carbocycles. The number of alkyl halides is 1. The first-order valence-electron chi connectivity index (χ1n) is 10.0. The van der Waals surface area contributed by atoms with E-state index in [1.54, 1.807) is 0 Å². The minimum Gasteiger partial charge on any atom is -0.477 e. The van der Waals surface area contributed by atoms with Crippen molar-refractivity contribution < 1.29 is 19.1 Å². The molecular weight excluding hydrogens is 494 g/mol. The van der Waals surface area contributed by atoms with Gasteiger partial charge in [0, 0.05) is 4.91 Å². The Bertz CT molecular complexity index is 999. The van der Waals surface area contributed by atoms with Gasteiger partial charge in [-0.15, -0.1) is 0 Å². The number of fused-ring (bicyclic) bond motifs is 1. The van der Waals surface area contributed by atoms with Gasteiger partial charge in [-0.1, -0.05) is 109 Å². The second-order valence-electron chi connectivity index (χ2n) is 8.65. The summed E-state index contributed by atoms with van der Waals surface area (Å²) in [7, 11) is -2.79. The zero-order valence-electron chi connectivity index (χ0n) is 17.5. The highest BCUT2D eigenvalue weighted by atomic mass is 79.9. The molecule has 0 aliphatic carbocycles. The van der Waals surface area contributed by atoms with E-state index in [4.69, 9.17) is 4.43 Å². The molecule has 1 saturated heterocycles. The fraction of sp³-hybridized carbons (Fsp3) is 0.304. The molecular formula is C23H24BrNO4SSi. The predicted molar refractivity (Wildman–Crippen MR) is 129 cm³/mol. The van der Waals surface area contributed by atoms with Crippen LogP contribution in [-0.4, -0.2) is 47.0 Å². The lowest BCUT2D eigenvalue weighted by Crippen LogP contribution is -2.66. The van der Waals surface area contributed by atoms with Crippen molar-refractivity contribution in [3.63, 3.8) is 0 Å². The summed E-state index contributed by atoms with van der Waals surface area (Å²) in [4.78, 5) is 25.8. The van der Waals surface area contributed by atoms with Crippen molar-refractivity contribution in [1.29, 1.82) is 0 Å². The van der Waals surface area contributed by atoms with Crippen LogP contribution in [0.15, 0.2) is 71.3 Å². The van der Waals surface area contributed by atoms with E-state index in [0.717, 1.165) is 10.4 Å². The molecule has 2 aromatic rings. The summed E-state index contributed by atoms with van der Waals surface area (Å²) < 4.78 is 6.87. The van der Waals surface area contributed by atoms with E-state index >= 15 is 0 Å². The van der Waals surface area contributed by atoms with Crippen molar-refractivity contribution in [3.05, 3.63) is 71.3 Å². The number of hydrogen-bond donors (Lipinski definition) is 1. The molecule has 0 bridgehead atoms. The van der Waals surface area contributed by atoms with Crippen molar-refractivity contribution in [2.45, 2.75) is 36.0 Å². The number of carbonyl (C=O) groups excluding carboxylic acids is 1. The van der Waals surface area contributed by atoms with Gasteiger partial charge in [-0.05, 0) is 15.4 Å². The predicted octanol–water partition coefficient (Wildman–Crippen LogP) is 3.54. The SMILES string of the molecule is CC(C)(C)[Si](OCC1=C(C(=O)O)N2C(=O)[C@H](Br)[C@H]2S1)(c1ccccc1)c1ccccc1. The summed E-state index contributed by atoms with van der Waals surface area (Å²) in [6.07, 6.45) is 0. The molecule has 2 aliphatic heterocycles. The number of rotatable bonds is 6. The third-order valence-electron chi connectivity index (χ3n) is 5.79. The Balaban J connectivity index is 1.78. The third-order valence-corrected chi connectivity index (χ3v) is 13.3. The van der Waals surface area contributed by atoms with Gasteiger partial charge in [0.2, 0.25) is 5.91 Å². The Morgan fingerprint density at radius 2 is 1.61 bits per heavy atom. The molecule has 0 unspecified atom stereocenters. The van der Waals surface area contributed by atoms with E-state index in [-0.39, 0.29) is 33.5 Å². The number of nitrogens with zero attached hydrogens (tertiary/aromatic N) is 1. The van der Waals surface area contributed by atoms with Crippen LogP contribution in [0.1, 0.15) is 20.8 Å². The van der Waals surface area contributed by atoms with Gasteiger partial charge in [0.25, 0.3) is 8.32 Å². The van der Waals surface area contributed by atoms with Gasteiger partial charge in [0.05, 0.1) is 6.61 Å². The van der Waals surface area contributed by atoms with Crippen molar-refractivity contribution >= 4 is 58.3 Å². The summed E-state index contributed by atoms with van der Waals surface area (Å²) in [5, 5.41) is 11.6. The Kier molecular flexibility index (Phi) is 5.93. The number of carbonyl (C=O) groups is 2. The fourth-order valence-electron chi connectivity index (χ4n) is 4.37. The summed E-state index contributed by atoms with van der Waals surface area (Å²) in [5.74, 6) is -1.31. The Labute approximate surface area is 195 Å². The van der Waals surface area contributed by atoms with Crippen LogP contribution >= 0.6 is 27.7 Å². The molecule has 0 saturated carbocycles. The molecule has 162 valence electrons. The number of benzene rings is 2. The van der Waals surface area contributed by atoms with Gasteiger partial charge in [-0.25, -0.2) is 4.79 Å². The second kappa shape index (κ2) is 8.24. The lowest BCUT2D eigenvalue weighted by Gasteiger charge is -2.43. The van der Waals surface area contributed by atoms with Crippen LogP contribution in [0.5, 0.6) is 0 Å². The number of carboxylic acid groups (broad SMARTS) is 1. The van der Waals surface area contributed by atoms with Gasteiger partial charge in [0.1, 0.15) is 15.9 Å². The van der Waals surface area contributed by atoms with Crippen molar-refractivity contribution in [2.75, 3.05) is 6.61 Å². The van der Waals surface area contributed by atoms with E-state index in [1.165, 1.54) is 16.7 Å². The molecule has 0 radical (unpaired) electrons. The zero-order valence-corrected chi connectivity index (χ0v) is 20.9. The highest BCUT2D eigenvalue weighted by Gasteiger charge is 2.56. The molecule has 8 heteroatoms. The lowest BCUT2D eigenvalue weighted by molar-refractivity contribution is -0.144. The number of aliphatic carboxylic acids is 1. The number of halogens is 1.